The van der Waals surface area contributed by atoms with E-state index < -0.39 is 0 Å². The maximum absolute atomic E-state index is 11.5. The molecule has 0 radical (unpaired) electrons. The molecule has 0 aromatic carbocycles. The normalized spacial score (nSPS) is 36.5. The van der Waals surface area contributed by atoms with Crippen LogP contribution in [0.3, 0.4) is 0 Å². The molecule has 1 aliphatic carbocycles. The molecule has 1 amide bonds. The Morgan fingerprint density at radius 3 is 2.86 bits per heavy atom. The molecular formula is C10H18N2O2. The first-order valence-electron chi connectivity index (χ1n) is 5.45. The van der Waals surface area contributed by atoms with Crippen LogP contribution in [0.15, 0.2) is 0 Å². The fraction of sp³-hybridized carbons (Fsp3) is 0.900. The van der Waals surface area contributed by atoms with E-state index in [4.69, 9.17) is 5.11 Å². The molecule has 4 nitrogen and oxygen atoms in total. The molecule has 4 heteroatoms. The standard InChI is InChI=1S/C10H18N2O2/c13-8-4-7(5-8)6-12-10(14)9-2-1-3-11-9/h7-9,11,13H,1-6H2,(H,12,14)/t7?,8?,9-/m0/s1. The molecule has 0 unspecified atom stereocenters. The lowest BCUT2D eigenvalue weighted by molar-refractivity contribution is -0.123. The van der Waals surface area contributed by atoms with Crippen LogP contribution in [0.5, 0.6) is 0 Å². The molecule has 2 aliphatic rings. The fourth-order valence-electron chi connectivity index (χ4n) is 2.14. The van der Waals surface area contributed by atoms with Crippen molar-refractivity contribution in [3.63, 3.8) is 0 Å². The number of hydrogen-bond acceptors (Lipinski definition) is 3. The van der Waals surface area contributed by atoms with Gasteiger partial charge in [0.1, 0.15) is 0 Å². The van der Waals surface area contributed by atoms with Gasteiger partial charge in [-0.3, -0.25) is 4.79 Å². The average molecular weight is 198 g/mol. The Labute approximate surface area is 84.1 Å². The highest BCUT2D eigenvalue weighted by Gasteiger charge is 2.28. The quantitative estimate of drug-likeness (QED) is 0.579. The van der Waals surface area contributed by atoms with Crippen LogP contribution >= 0.6 is 0 Å². The first-order valence-corrected chi connectivity index (χ1v) is 5.45. The van der Waals surface area contributed by atoms with Crippen LogP contribution in [0.1, 0.15) is 25.7 Å². The fourth-order valence-corrected chi connectivity index (χ4v) is 2.14. The van der Waals surface area contributed by atoms with E-state index in [0.717, 1.165) is 38.8 Å². The van der Waals surface area contributed by atoms with E-state index >= 15 is 0 Å². The summed E-state index contributed by atoms with van der Waals surface area (Å²) in [5, 5.41) is 15.2. The van der Waals surface area contributed by atoms with E-state index in [1.807, 2.05) is 0 Å². The molecule has 0 aromatic heterocycles. The second-order valence-electron chi connectivity index (χ2n) is 4.39. The van der Waals surface area contributed by atoms with Gasteiger partial charge in [-0.15, -0.1) is 0 Å². The van der Waals surface area contributed by atoms with Crippen LogP contribution < -0.4 is 10.6 Å². The van der Waals surface area contributed by atoms with E-state index in [2.05, 4.69) is 10.6 Å². The number of aliphatic hydroxyl groups excluding tert-OH is 1. The lowest BCUT2D eigenvalue weighted by atomic mass is 9.82. The van der Waals surface area contributed by atoms with Gasteiger partial charge in [0.15, 0.2) is 0 Å². The summed E-state index contributed by atoms with van der Waals surface area (Å²) in [6.07, 6.45) is 3.62. The van der Waals surface area contributed by atoms with Crippen molar-refractivity contribution >= 4 is 5.91 Å². The lowest BCUT2D eigenvalue weighted by Gasteiger charge is -2.31. The molecule has 0 aromatic rings. The molecule has 0 bridgehead atoms. The number of amides is 1. The van der Waals surface area contributed by atoms with Gasteiger partial charge in [-0.1, -0.05) is 0 Å². The number of carbonyl (C=O) groups is 1. The van der Waals surface area contributed by atoms with E-state index in [1.54, 1.807) is 0 Å². The maximum atomic E-state index is 11.5. The summed E-state index contributed by atoms with van der Waals surface area (Å²) >= 11 is 0. The van der Waals surface area contributed by atoms with Gasteiger partial charge in [0.25, 0.3) is 0 Å². The predicted molar refractivity (Wildman–Crippen MR) is 52.8 cm³/mol. The van der Waals surface area contributed by atoms with Crippen molar-refractivity contribution in [2.24, 2.45) is 5.92 Å². The molecule has 3 N–H and O–H groups in total. The van der Waals surface area contributed by atoms with Crippen LogP contribution in [0, 0.1) is 5.92 Å². The Hall–Kier alpha value is -0.610. The largest absolute Gasteiger partial charge is 0.393 e. The van der Waals surface area contributed by atoms with Crippen LogP contribution in [0.4, 0.5) is 0 Å². The highest BCUT2D eigenvalue weighted by Crippen LogP contribution is 2.26. The highest BCUT2D eigenvalue weighted by atomic mass is 16.3. The molecule has 0 spiro atoms. The van der Waals surface area contributed by atoms with Gasteiger partial charge in [0.05, 0.1) is 12.1 Å². The van der Waals surface area contributed by atoms with Gasteiger partial charge in [-0.2, -0.15) is 0 Å². The SMILES string of the molecule is O=C(NCC1CC(O)C1)[C@@H]1CCCN1. The summed E-state index contributed by atoms with van der Waals surface area (Å²) in [6.45, 7) is 1.69. The van der Waals surface area contributed by atoms with Gasteiger partial charge < -0.3 is 15.7 Å². The number of aliphatic hydroxyl groups is 1. The van der Waals surface area contributed by atoms with Crippen molar-refractivity contribution in [3.8, 4) is 0 Å². The third-order valence-electron chi connectivity index (χ3n) is 3.15. The molecule has 14 heavy (non-hydrogen) atoms. The summed E-state index contributed by atoms with van der Waals surface area (Å²) < 4.78 is 0. The minimum Gasteiger partial charge on any atom is -0.393 e. The Morgan fingerprint density at radius 1 is 1.50 bits per heavy atom. The van der Waals surface area contributed by atoms with Gasteiger partial charge >= 0.3 is 0 Å². The topological polar surface area (TPSA) is 61.4 Å². The summed E-state index contributed by atoms with van der Waals surface area (Å²) in [7, 11) is 0. The number of hydrogen-bond donors (Lipinski definition) is 3. The highest BCUT2D eigenvalue weighted by molar-refractivity contribution is 5.81. The third-order valence-corrected chi connectivity index (χ3v) is 3.15. The van der Waals surface area contributed by atoms with Crippen LogP contribution in [-0.4, -0.2) is 36.2 Å². The lowest BCUT2D eigenvalue weighted by Crippen LogP contribution is -2.44. The number of carbonyl (C=O) groups excluding carboxylic acids is 1. The molecule has 1 saturated carbocycles. The molecule has 2 fully saturated rings. The Bertz CT molecular complexity index is 208. The zero-order valence-corrected chi connectivity index (χ0v) is 8.33. The molecule has 80 valence electrons. The van der Waals surface area contributed by atoms with Crippen molar-refractivity contribution in [3.05, 3.63) is 0 Å². The van der Waals surface area contributed by atoms with Gasteiger partial charge in [0.2, 0.25) is 5.91 Å². The predicted octanol–water partition coefficient (Wildman–Crippen LogP) is -0.375. The molecule has 1 heterocycles. The van der Waals surface area contributed by atoms with Gasteiger partial charge in [0, 0.05) is 6.54 Å². The van der Waals surface area contributed by atoms with Crippen LogP contribution in [-0.2, 0) is 4.79 Å². The van der Waals surface area contributed by atoms with E-state index in [1.165, 1.54) is 0 Å². The van der Waals surface area contributed by atoms with Crippen molar-refractivity contribution in [2.45, 2.75) is 37.8 Å². The Balaban J connectivity index is 1.62. The zero-order chi connectivity index (χ0) is 9.97. The molecule has 1 saturated heterocycles. The van der Waals surface area contributed by atoms with Crippen LogP contribution in [0.25, 0.3) is 0 Å². The second-order valence-corrected chi connectivity index (χ2v) is 4.39. The van der Waals surface area contributed by atoms with Crippen molar-refractivity contribution in [1.29, 1.82) is 0 Å². The second kappa shape index (κ2) is 4.28. The minimum atomic E-state index is -0.124. The Morgan fingerprint density at radius 2 is 2.29 bits per heavy atom. The summed E-state index contributed by atoms with van der Waals surface area (Å²) in [5.74, 6) is 0.624. The first-order chi connectivity index (χ1) is 6.75. The van der Waals surface area contributed by atoms with E-state index in [0.29, 0.717) is 5.92 Å². The smallest absolute Gasteiger partial charge is 0.237 e. The number of nitrogens with one attached hydrogen (secondary N) is 2. The average Bonchev–Trinajstić information content (AvgIpc) is 2.62. The zero-order valence-electron chi connectivity index (χ0n) is 8.33. The minimum absolute atomic E-state index is 0.0278. The van der Waals surface area contributed by atoms with Crippen molar-refractivity contribution in [1.82, 2.24) is 10.6 Å². The molecule has 2 rings (SSSR count). The van der Waals surface area contributed by atoms with E-state index in [9.17, 15) is 4.79 Å². The van der Waals surface area contributed by atoms with Crippen LogP contribution in [0.2, 0.25) is 0 Å². The number of rotatable bonds is 3. The van der Waals surface area contributed by atoms with E-state index in [-0.39, 0.29) is 18.1 Å². The summed E-state index contributed by atoms with van der Waals surface area (Å²) in [6, 6.07) is 0.0278. The molecular weight excluding hydrogens is 180 g/mol. The van der Waals surface area contributed by atoms with Gasteiger partial charge in [-0.05, 0) is 38.1 Å². The van der Waals surface area contributed by atoms with Gasteiger partial charge in [-0.25, -0.2) is 0 Å². The summed E-state index contributed by atoms with van der Waals surface area (Å²) in [5.41, 5.74) is 0. The summed E-state index contributed by atoms with van der Waals surface area (Å²) in [4.78, 5) is 11.5. The molecule has 1 aliphatic heterocycles. The molecule has 1 atom stereocenters. The van der Waals surface area contributed by atoms with Crippen molar-refractivity contribution in [2.75, 3.05) is 13.1 Å². The maximum Gasteiger partial charge on any atom is 0.237 e. The third kappa shape index (κ3) is 2.25. The Kier molecular flexibility index (Phi) is 3.03. The monoisotopic (exact) mass is 198 g/mol. The van der Waals surface area contributed by atoms with Crippen molar-refractivity contribution < 1.29 is 9.90 Å². The first kappa shape index (κ1) is 9.93.